The fraction of sp³-hybridized carbons (Fsp3) is 0.400. The quantitative estimate of drug-likeness (QED) is 0.319. The van der Waals surface area contributed by atoms with Crippen LogP contribution in [0.15, 0.2) is 53.1 Å². The van der Waals surface area contributed by atoms with E-state index in [2.05, 4.69) is 15.8 Å². The molecular weight excluding hydrogens is 528 g/mol. The van der Waals surface area contributed by atoms with Crippen molar-refractivity contribution >= 4 is 29.2 Å². The largest absolute Gasteiger partial charge is 0.494 e. The molecule has 0 aliphatic carbocycles. The van der Waals surface area contributed by atoms with Gasteiger partial charge in [-0.25, -0.2) is 0 Å². The number of aryl methyl sites for hydroxylation is 1. The van der Waals surface area contributed by atoms with Gasteiger partial charge in [-0.2, -0.15) is 0 Å². The number of amides is 3. The van der Waals surface area contributed by atoms with Gasteiger partial charge in [0.2, 0.25) is 17.7 Å². The topological polar surface area (TPSA) is 132 Å². The molecule has 1 atom stereocenters. The van der Waals surface area contributed by atoms with E-state index in [0.717, 1.165) is 0 Å². The third-order valence-electron chi connectivity index (χ3n) is 5.87. The predicted octanol–water partition coefficient (Wildman–Crippen LogP) is 4.81. The molecule has 0 aliphatic heterocycles. The second kappa shape index (κ2) is 13.7. The molecule has 0 saturated heterocycles. The van der Waals surface area contributed by atoms with Gasteiger partial charge >= 0.3 is 0 Å². The van der Waals surface area contributed by atoms with E-state index in [-0.39, 0.29) is 18.7 Å². The van der Waals surface area contributed by atoms with Crippen LogP contribution >= 0.6 is 0 Å². The van der Waals surface area contributed by atoms with Crippen LogP contribution in [-0.2, 0) is 14.4 Å². The van der Waals surface area contributed by atoms with Gasteiger partial charge in [0.05, 0.1) is 20.8 Å². The van der Waals surface area contributed by atoms with Crippen LogP contribution in [0.1, 0.15) is 57.9 Å². The molecule has 11 nitrogen and oxygen atoms in total. The van der Waals surface area contributed by atoms with Crippen molar-refractivity contribution < 1.29 is 33.1 Å². The molecule has 1 heterocycles. The average molecular weight is 567 g/mol. The molecule has 0 saturated carbocycles. The van der Waals surface area contributed by atoms with Crippen molar-refractivity contribution in [3.8, 4) is 17.2 Å². The standard InChI is InChI=1S/C30H38N4O7/c1-8-40-21-12-9-11-20(18-21)34(26(36)16-15-25(35)31-24-17-19(2)41-33-24)27(29(37)32-30(3,4)5)22-13-10-14-23(38-6)28(22)39-7/h9-14,17-18,27H,8,15-16H2,1-7H3,(H,32,37)(H,31,33,35). The first-order valence-corrected chi connectivity index (χ1v) is 13.3. The van der Waals surface area contributed by atoms with Gasteiger partial charge in [0.25, 0.3) is 0 Å². The van der Waals surface area contributed by atoms with Crippen molar-refractivity contribution in [1.82, 2.24) is 10.5 Å². The molecule has 3 amide bonds. The number of nitrogens with one attached hydrogen (secondary N) is 2. The molecule has 1 unspecified atom stereocenters. The van der Waals surface area contributed by atoms with Gasteiger partial charge in [-0.15, -0.1) is 0 Å². The van der Waals surface area contributed by atoms with Crippen LogP contribution < -0.4 is 29.7 Å². The van der Waals surface area contributed by atoms with E-state index in [1.165, 1.54) is 19.1 Å². The van der Waals surface area contributed by atoms with Gasteiger partial charge in [0.1, 0.15) is 17.6 Å². The Morgan fingerprint density at radius 1 is 1.02 bits per heavy atom. The van der Waals surface area contributed by atoms with Crippen LogP contribution in [0.5, 0.6) is 17.2 Å². The van der Waals surface area contributed by atoms with E-state index in [1.807, 2.05) is 27.7 Å². The first-order chi connectivity index (χ1) is 19.5. The fourth-order valence-electron chi connectivity index (χ4n) is 4.26. The summed E-state index contributed by atoms with van der Waals surface area (Å²) in [6.07, 6.45) is -0.359. The van der Waals surface area contributed by atoms with Crippen LogP contribution in [0.2, 0.25) is 0 Å². The maximum absolute atomic E-state index is 14.0. The Morgan fingerprint density at radius 3 is 2.37 bits per heavy atom. The van der Waals surface area contributed by atoms with E-state index >= 15 is 0 Å². The lowest BCUT2D eigenvalue weighted by molar-refractivity contribution is -0.128. The summed E-state index contributed by atoms with van der Waals surface area (Å²) >= 11 is 0. The first-order valence-electron chi connectivity index (χ1n) is 13.3. The van der Waals surface area contributed by atoms with Gasteiger partial charge < -0.3 is 29.4 Å². The van der Waals surface area contributed by atoms with Gasteiger partial charge in [0.15, 0.2) is 17.3 Å². The van der Waals surface area contributed by atoms with Gasteiger partial charge in [-0.1, -0.05) is 23.4 Å². The van der Waals surface area contributed by atoms with E-state index in [4.69, 9.17) is 18.7 Å². The molecule has 0 bridgehead atoms. The molecular formula is C30H38N4O7. The van der Waals surface area contributed by atoms with E-state index in [1.54, 1.807) is 55.5 Å². The fourth-order valence-corrected chi connectivity index (χ4v) is 4.26. The summed E-state index contributed by atoms with van der Waals surface area (Å²) in [7, 11) is 2.97. The van der Waals surface area contributed by atoms with E-state index in [9.17, 15) is 14.4 Å². The minimum absolute atomic E-state index is 0.157. The summed E-state index contributed by atoms with van der Waals surface area (Å²) in [6.45, 7) is 9.52. The molecule has 3 aromatic rings. The Kier molecular flexibility index (Phi) is 10.3. The smallest absolute Gasteiger partial charge is 0.248 e. The Morgan fingerprint density at radius 2 is 1.76 bits per heavy atom. The van der Waals surface area contributed by atoms with Crippen molar-refractivity contribution in [2.24, 2.45) is 0 Å². The minimum atomic E-state index is -1.18. The molecule has 2 aromatic carbocycles. The highest BCUT2D eigenvalue weighted by molar-refractivity contribution is 6.03. The minimum Gasteiger partial charge on any atom is -0.494 e. The van der Waals surface area contributed by atoms with Crippen molar-refractivity contribution in [1.29, 1.82) is 0 Å². The summed E-state index contributed by atoms with van der Waals surface area (Å²) in [5, 5.41) is 9.37. The van der Waals surface area contributed by atoms with Gasteiger partial charge in [-0.05, 0) is 52.8 Å². The molecule has 3 rings (SSSR count). The number of nitrogens with zero attached hydrogens (tertiary/aromatic N) is 2. The number of hydrogen-bond donors (Lipinski definition) is 2. The Hall–Kier alpha value is -4.54. The zero-order valence-electron chi connectivity index (χ0n) is 24.6. The first kappa shape index (κ1) is 31.0. The highest BCUT2D eigenvalue weighted by atomic mass is 16.5. The number of anilines is 2. The third-order valence-corrected chi connectivity index (χ3v) is 5.87. The second-order valence-corrected chi connectivity index (χ2v) is 10.3. The number of methoxy groups -OCH3 is 2. The molecule has 1 aromatic heterocycles. The Balaban J connectivity index is 2.09. The van der Waals surface area contributed by atoms with Gasteiger partial charge in [-0.3, -0.25) is 19.3 Å². The number of benzene rings is 2. The summed E-state index contributed by atoms with van der Waals surface area (Å²) in [5.41, 5.74) is 0.206. The summed E-state index contributed by atoms with van der Waals surface area (Å²) in [6, 6.07) is 12.4. The van der Waals surface area contributed by atoms with Crippen LogP contribution in [-0.4, -0.2) is 49.2 Å². The monoisotopic (exact) mass is 566 g/mol. The molecule has 2 N–H and O–H groups in total. The third kappa shape index (κ3) is 8.23. The maximum Gasteiger partial charge on any atom is 0.248 e. The summed E-state index contributed by atoms with van der Waals surface area (Å²) in [4.78, 5) is 42.1. The lowest BCUT2D eigenvalue weighted by Gasteiger charge is -2.34. The molecule has 0 aliphatic rings. The van der Waals surface area contributed by atoms with Crippen LogP contribution in [0.3, 0.4) is 0 Å². The van der Waals surface area contributed by atoms with Crippen molar-refractivity contribution in [3.05, 3.63) is 59.9 Å². The SMILES string of the molecule is CCOc1cccc(N(C(=O)CCC(=O)Nc2cc(C)on2)C(C(=O)NC(C)(C)C)c2cccc(OC)c2OC)c1. The lowest BCUT2D eigenvalue weighted by atomic mass is 9.98. The highest BCUT2D eigenvalue weighted by Gasteiger charge is 2.37. The van der Waals surface area contributed by atoms with Gasteiger partial charge in [0, 0.05) is 41.8 Å². The molecule has 0 fully saturated rings. The van der Waals surface area contributed by atoms with Crippen LogP contribution in [0.25, 0.3) is 0 Å². The number of carbonyl (C=O) groups excluding carboxylic acids is 3. The maximum atomic E-state index is 14.0. The van der Waals surface area contributed by atoms with Crippen molar-refractivity contribution in [3.63, 3.8) is 0 Å². The highest BCUT2D eigenvalue weighted by Crippen LogP contribution is 2.40. The number of rotatable bonds is 12. The molecule has 11 heteroatoms. The number of aromatic nitrogens is 1. The predicted molar refractivity (Wildman–Crippen MR) is 154 cm³/mol. The molecule has 220 valence electrons. The summed E-state index contributed by atoms with van der Waals surface area (Å²) < 4.78 is 21.8. The summed E-state index contributed by atoms with van der Waals surface area (Å²) in [5.74, 6) is 0.685. The Bertz CT molecular complexity index is 1360. The molecule has 0 radical (unpaired) electrons. The molecule has 0 spiro atoms. The second-order valence-electron chi connectivity index (χ2n) is 10.3. The van der Waals surface area contributed by atoms with E-state index in [0.29, 0.717) is 40.9 Å². The number of carbonyl (C=O) groups is 3. The lowest BCUT2D eigenvalue weighted by Crippen LogP contribution is -2.49. The number of para-hydroxylation sites is 1. The zero-order valence-corrected chi connectivity index (χ0v) is 24.6. The van der Waals surface area contributed by atoms with Crippen LogP contribution in [0, 0.1) is 6.92 Å². The Labute approximate surface area is 240 Å². The van der Waals surface area contributed by atoms with E-state index < -0.39 is 29.3 Å². The van der Waals surface area contributed by atoms with Crippen molar-refractivity contribution in [2.75, 3.05) is 31.0 Å². The number of hydrogen-bond acceptors (Lipinski definition) is 8. The normalized spacial score (nSPS) is 11.8. The average Bonchev–Trinajstić information content (AvgIpc) is 3.33. The molecule has 41 heavy (non-hydrogen) atoms. The van der Waals surface area contributed by atoms with Crippen LogP contribution in [0.4, 0.5) is 11.5 Å². The zero-order chi connectivity index (χ0) is 30.2. The van der Waals surface area contributed by atoms with Crippen molar-refractivity contribution in [2.45, 2.75) is 59.0 Å². The number of ether oxygens (including phenoxy) is 3.